The highest BCUT2D eigenvalue weighted by Crippen LogP contribution is 2.40. The number of aromatic nitrogens is 3. The fourth-order valence-electron chi connectivity index (χ4n) is 7.19. The van der Waals surface area contributed by atoms with Crippen LogP contribution in [0.2, 0.25) is 0 Å². The maximum Gasteiger partial charge on any atom is 0.164 e. The van der Waals surface area contributed by atoms with Crippen molar-refractivity contribution in [1.82, 2.24) is 15.0 Å². The summed E-state index contributed by atoms with van der Waals surface area (Å²) in [5.74, 6) is 1.81. The highest BCUT2D eigenvalue weighted by atomic mass is 16.3. The molecule has 0 saturated heterocycles. The Hall–Kier alpha value is -6.91. The summed E-state index contributed by atoms with van der Waals surface area (Å²) >= 11 is 0. The van der Waals surface area contributed by atoms with Gasteiger partial charge in [-0.1, -0.05) is 152 Å². The Labute approximate surface area is 294 Å². The molecule has 51 heavy (non-hydrogen) atoms. The number of rotatable bonds is 5. The fourth-order valence-corrected chi connectivity index (χ4v) is 7.19. The third-order valence-corrected chi connectivity index (χ3v) is 9.71. The zero-order valence-corrected chi connectivity index (χ0v) is 27.5. The van der Waals surface area contributed by atoms with E-state index in [9.17, 15) is 0 Å². The number of nitrogens with zero attached hydrogens (tertiary/aromatic N) is 3. The first-order chi connectivity index (χ1) is 25.2. The van der Waals surface area contributed by atoms with Crippen LogP contribution >= 0.6 is 0 Å². The quantitative estimate of drug-likeness (QED) is 0.174. The van der Waals surface area contributed by atoms with Gasteiger partial charge in [0.2, 0.25) is 0 Å². The lowest BCUT2D eigenvalue weighted by molar-refractivity contribution is 0.669. The van der Waals surface area contributed by atoms with Gasteiger partial charge in [-0.25, -0.2) is 15.0 Å². The van der Waals surface area contributed by atoms with Crippen molar-refractivity contribution >= 4 is 43.5 Å². The van der Waals surface area contributed by atoms with Gasteiger partial charge in [-0.05, 0) is 68.1 Å². The highest BCUT2D eigenvalue weighted by molar-refractivity contribution is 6.13. The standard InChI is InChI=1S/C47H29N3O/c1-3-11-30(12-4-1)31-19-22-34(23-20-31)45-48-46(36-25-26-39-35(27-36)24-21-33-15-7-8-16-38(33)39)50-47(49-45)37-28-41(32-13-5-2-6-14-32)44-40-17-9-10-18-42(40)51-43(44)29-37/h1-29H. The Morgan fingerprint density at radius 3 is 1.65 bits per heavy atom. The van der Waals surface area contributed by atoms with E-state index in [0.29, 0.717) is 17.5 Å². The first-order valence-electron chi connectivity index (χ1n) is 17.1. The average Bonchev–Trinajstić information content (AvgIpc) is 3.59. The molecule has 4 nitrogen and oxygen atoms in total. The third kappa shape index (κ3) is 5.13. The number of furan rings is 1. The van der Waals surface area contributed by atoms with Crippen LogP contribution in [0.4, 0.5) is 0 Å². The van der Waals surface area contributed by atoms with E-state index in [1.54, 1.807) is 0 Å². The molecule has 0 aliphatic carbocycles. The van der Waals surface area contributed by atoms with Crippen LogP contribution in [-0.2, 0) is 0 Å². The third-order valence-electron chi connectivity index (χ3n) is 9.71. The number of hydrogen-bond donors (Lipinski definition) is 0. The molecule has 8 aromatic carbocycles. The van der Waals surface area contributed by atoms with Crippen molar-refractivity contribution in [3.63, 3.8) is 0 Å². The summed E-state index contributed by atoms with van der Waals surface area (Å²) in [6.45, 7) is 0. The Balaban J connectivity index is 1.19. The molecule has 2 heterocycles. The molecule has 0 aliphatic rings. The lowest BCUT2D eigenvalue weighted by Gasteiger charge is -2.12. The van der Waals surface area contributed by atoms with E-state index in [-0.39, 0.29) is 0 Å². The molecule has 0 amide bonds. The average molecular weight is 652 g/mol. The minimum absolute atomic E-state index is 0.584. The monoisotopic (exact) mass is 651 g/mol. The Morgan fingerprint density at radius 1 is 0.314 bits per heavy atom. The van der Waals surface area contributed by atoms with Gasteiger partial charge >= 0.3 is 0 Å². The molecule has 0 bridgehead atoms. The van der Waals surface area contributed by atoms with E-state index in [4.69, 9.17) is 19.4 Å². The van der Waals surface area contributed by atoms with Gasteiger partial charge in [0.15, 0.2) is 17.5 Å². The number of fused-ring (bicyclic) bond motifs is 6. The Kier molecular flexibility index (Phi) is 6.78. The van der Waals surface area contributed by atoms with Gasteiger partial charge in [-0.2, -0.15) is 0 Å². The van der Waals surface area contributed by atoms with E-state index in [0.717, 1.165) is 66.3 Å². The molecule has 0 fully saturated rings. The van der Waals surface area contributed by atoms with Gasteiger partial charge in [-0.3, -0.25) is 0 Å². The van der Waals surface area contributed by atoms with Crippen molar-refractivity contribution in [1.29, 1.82) is 0 Å². The molecule has 4 heteroatoms. The summed E-state index contributed by atoms with van der Waals surface area (Å²) in [6, 6.07) is 61.1. The molecule has 0 saturated carbocycles. The highest BCUT2D eigenvalue weighted by Gasteiger charge is 2.19. The van der Waals surface area contributed by atoms with Crippen LogP contribution in [0.1, 0.15) is 0 Å². The van der Waals surface area contributed by atoms with Gasteiger partial charge < -0.3 is 4.42 Å². The summed E-state index contributed by atoms with van der Waals surface area (Å²) in [7, 11) is 0. The van der Waals surface area contributed by atoms with Gasteiger partial charge in [0.05, 0.1) is 0 Å². The van der Waals surface area contributed by atoms with E-state index in [1.807, 2.05) is 24.3 Å². The zero-order chi connectivity index (χ0) is 33.7. The molecule has 0 atom stereocenters. The van der Waals surface area contributed by atoms with E-state index >= 15 is 0 Å². The molecule has 10 aromatic rings. The van der Waals surface area contributed by atoms with Crippen molar-refractivity contribution in [3.8, 4) is 56.4 Å². The van der Waals surface area contributed by atoms with E-state index < -0.39 is 0 Å². The molecule has 2 aromatic heterocycles. The molecule has 10 rings (SSSR count). The second kappa shape index (κ2) is 11.9. The second-order valence-electron chi connectivity index (χ2n) is 12.8. The second-order valence-corrected chi connectivity index (χ2v) is 12.8. The van der Waals surface area contributed by atoms with Crippen LogP contribution in [0.15, 0.2) is 180 Å². The molecule has 0 aliphatic heterocycles. The van der Waals surface area contributed by atoms with Gasteiger partial charge in [-0.15, -0.1) is 0 Å². The lowest BCUT2D eigenvalue weighted by Crippen LogP contribution is -2.00. The molecule has 0 N–H and O–H groups in total. The summed E-state index contributed by atoms with van der Waals surface area (Å²) in [6.07, 6.45) is 0. The predicted octanol–water partition coefficient (Wildman–Crippen LogP) is 12.4. The summed E-state index contributed by atoms with van der Waals surface area (Å²) in [5.41, 5.74) is 8.82. The van der Waals surface area contributed by atoms with Crippen LogP contribution in [0.5, 0.6) is 0 Å². The van der Waals surface area contributed by atoms with E-state index in [2.05, 4.69) is 152 Å². The minimum Gasteiger partial charge on any atom is -0.456 e. The Morgan fingerprint density at radius 2 is 0.863 bits per heavy atom. The van der Waals surface area contributed by atoms with Crippen LogP contribution in [0, 0.1) is 0 Å². The van der Waals surface area contributed by atoms with Crippen molar-refractivity contribution in [2.75, 3.05) is 0 Å². The molecule has 0 unspecified atom stereocenters. The molecular formula is C47H29N3O. The van der Waals surface area contributed by atoms with Crippen LogP contribution in [0.25, 0.3) is 99.9 Å². The number of benzene rings is 8. The minimum atomic E-state index is 0.584. The fraction of sp³-hybridized carbons (Fsp3) is 0. The predicted molar refractivity (Wildman–Crippen MR) is 209 cm³/mol. The van der Waals surface area contributed by atoms with Crippen LogP contribution in [-0.4, -0.2) is 15.0 Å². The van der Waals surface area contributed by atoms with Gasteiger partial charge in [0.1, 0.15) is 11.2 Å². The van der Waals surface area contributed by atoms with Crippen LogP contribution < -0.4 is 0 Å². The smallest absolute Gasteiger partial charge is 0.164 e. The largest absolute Gasteiger partial charge is 0.456 e. The molecule has 238 valence electrons. The Bertz CT molecular complexity index is 2900. The maximum absolute atomic E-state index is 6.47. The first-order valence-corrected chi connectivity index (χ1v) is 17.1. The SMILES string of the molecule is c1ccc(-c2ccc(-c3nc(-c4ccc5c(ccc6ccccc65)c4)nc(-c4cc(-c5ccccc5)c5c(c4)oc4ccccc45)n3)cc2)cc1. The molecule has 0 spiro atoms. The number of hydrogen-bond acceptors (Lipinski definition) is 4. The van der Waals surface area contributed by atoms with Crippen molar-refractivity contribution in [2.24, 2.45) is 0 Å². The van der Waals surface area contributed by atoms with Crippen molar-refractivity contribution in [3.05, 3.63) is 176 Å². The zero-order valence-electron chi connectivity index (χ0n) is 27.5. The van der Waals surface area contributed by atoms with Crippen molar-refractivity contribution in [2.45, 2.75) is 0 Å². The topological polar surface area (TPSA) is 51.8 Å². The van der Waals surface area contributed by atoms with E-state index in [1.165, 1.54) is 16.2 Å². The summed E-state index contributed by atoms with van der Waals surface area (Å²) < 4.78 is 6.47. The maximum atomic E-state index is 6.47. The van der Waals surface area contributed by atoms with Crippen molar-refractivity contribution < 1.29 is 4.42 Å². The molecule has 0 radical (unpaired) electrons. The van der Waals surface area contributed by atoms with Gasteiger partial charge in [0, 0.05) is 27.5 Å². The van der Waals surface area contributed by atoms with Crippen LogP contribution in [0.3, 0.4) is 0 Å². The summed E-state index contributed by atoms with van der Waals surface area (Å²) in [5, 5.41) is 6.94. The normalized spacial score (nSPS) is 11.5. The first kappa shape index (κ1) is 29.0. The molecular weight excluding hydrogens is 623 g/mol. The number of para-hydroxylation sites is 1. The lowest BCUT2D eigenvalue weighted by atomic mass is 9.96. The summed E-state index contributed by atoms with van der Waals surface area (Å²) in [4.78, 5) is 15.4. The van der Waals surface area contributed by atoms with Gasteiger partial charge in [0.25, 0.3) is 0 Å².